The van der Waals surface area contributed by atoms with Gasteiger partial charge in [0.1, 0.15) is 5.69 Å². The number of ether oxygens (including phenoxy) is 1. The smallest absolute Gasteiger partial charge is 0.407 e. The standard InChI is InChI=1S/C22H29N7O4S/c1-14(2)29-13-18(20(27-29)16-7-6-8-17(11-16)28-34(5,31)32)19-9-10-23-21(26-19)24-12-15(3)25-22(30)33-4/h6-11,13-15,28H,12H2,1-5H3,(H,25,30)(H,23,24,26). The molecule has 3 rings (SSSR count). The quantitative estimate of drug-likeness (QED) is 0.418. The zero-order chi connectivity index (χ0) is 24.9. The third kappa shape index (κ3) is 6.67. The zero-order valence-electron chi connectivity index (χ0n) is 19.7. The van der Waals surface area contributed by atoms with Gasteiger partial charge in [-0.05, 0) is 39.0 Å². The summed E-state index contributed by atoms with van der Waals surface area (Å²) >= 11 is 0. The summed E-state index contributed by atoms with van der Waals surface area (Å²) in [5.41, 5.74) is 3.27. The number of carbonyl (C=O) groups is 1. The van der Waals surface area contributed by atoms with Crippen molar-refractivity contribution in [3.05, 3.63) is 42.7 Å². The second-order valence-electron chi connectivity index (χ2n) is 8.10. The number of aromatic nitrogens is 4. The molecular weight excluding hydrogens is 458 g/mol. The molecule has 0 saturated heterocycles. The molecule has 3 N–H and O–H groups in total. The molecule has 3 aromatic rings. The number of nitrogens with one attached hydrogen (secondary N) is 3. The molecule has 0 spiro atoms. The van der Waals surface area contributed by atoms with Crippen molar-refractivity contribution in [3.8, 4) is 22.5 Å². The molecule has 0 saturated carbocycles. The fourth-order valence-electron chi connectivity index (χ4n) is 3.15. The minimum atomic E-state index is -3.41. The number of nitrogens with zero attached hydrogens (tertiary/aromatic N) is 4. The van der Waals surface area contributed by atoms with E-state index in [9.17, 15) is 13.2 Å². The predicted molar refractivity (Wildman–Crippen MR) is 131 cm³/mol. The van der Waals surface area contributed by atoms with Gasteiger partial charge in [-0.3, -0.25) is 9.40 Å². The number of hydrogen-bond donors (Lipinski definition) is 3. The number of rotatable bonds is 9. The summed E-state index contributed by atoms with van der Waals surface area (Å²) in [7, 11) is -2.10. The Morgan fingerprint density at radius 1 is 1.21 bits per heavy atom. The number of methoxy groups -OCH3 is 1. The molecule has 1 atom stereocenters. The van der Waals surface area contributed by atoms with Gasteiger partial charge in [-0.2, -0.15) is 5.10 Å². The van der Waals surface area contributed by atoms with E-state index in [1.54, 1.807) is 30.5 Å². The zero-order valence-corrected chi connectivity index (χ0v) is 20.5. The van der Waals surface area contributed by atoms with Crippen LogP contribution in [0.3, 0.4) is 0 Å². The van der Waals surface area contributed by atoms with Crippen LogP contribution in [0.15, 0.2) is 42.7 Å². The Labute approximate surface area is 199 Å². The van der Waals surface area contributed by atoms with Crippen LogP contribution < -0.4 is 15.4 Å². The summed E-state index contributed by atoms with van der Waals surface area (Å²) in [5, 5.41) is 10.5. The minimum Gasteiger partial charge on any atom is -0.453 e. The van der Waals surface area contributed by atoms with E-state index in [1.807, 2.05) is 37.7 Å². The summed E-state index contributed by atoms with van der Waals surface area (Å²) in [5.74, 6) is 0.395. The van der Waals surface area contributed by atoms with Crippen molar-refractivity contribution in [1.29, 1.82) is 0 Å². The van der Waals surface area contributed by atoms with E-state index < -0.39 is 16.1 Å². The Kier molecular flexibility index (Phi) is 7.72. The highest BCUT2D eigenvalue weighted by molar-refractivity contribution is 7.92. The third-order valence-corrected chi connectivity index (χ3v) is 5.35. The second-order valence-corrected chi connectivity index (χ2v) is 9.85. The molecule has 1 aromatic carbocycles. The van der Waals surface area contributed by atoms with Crippen LogP contribution in [0.5, 0.6) is 0 Å². The average Bonchev–Trinajstić information content (AvgIpc) is 3.23. The molecule has 1 amide bonds. The van der Waals surface area contributed by atoms with Crippen LogP contribution in [0.1, 0.15) is 26.8 Å². The van der Waals surface area contributed by atoms with Gasteiger partial charge in [0.05, 0.1) is 19.1 Å². The molecule has 0 aliphatic carbocycles. The number of benzene rings is 1. The van der Waals surface area contributed by atoms with E-state index in [-0.39, 0.29) is 12.1 Å². The van der Waals surface area contributed by atoms with E-state index in [2.05, 4.69) is 30.1 Å². The number of alkyl carbamates (subject to hydrolysis) is 1. The Morgan fingerprint density at radius 3 is 2.65 bits per heavy atom. The molecule has 0 aliphatic heterocycles. The fourth-order valence-corrected chi connectivity index (χ4v) is 3.71. The summed E-state index contributed by atoms with van der Waals surface area (Å²) in [4.78, 5) is 20.3. The average molecular weight is 488 g/mol. The van der Waals surface area contributed by atoms with Gasteiger partial charge in [0.15, 0.2) is 0 Å². The van der Waals surface area contributed by atoms with Crippen molar-refractivity contribution in [2.24, 2.45) is 0 Å². The molecule has 34 heavy (non-hydrogen) atoms. The van der Waals surface area contributed by atoms with E-state index >= 15 is 0 Å². The third-order valence-electron chi connectivity index (χ3n) is 4.75. The highest BCUT2D eigenvalue weighted by Gasteiger charge is 2.17. The maximum atomic E-state index is 11.7. The van der Waals surface area contributed by atoms with Crippen molar-refractivity contribution in [2.45, 2.75) is 32.9 Å². The molecule has 12 heteroatoms. The molecule has 0 bridgehead atoms. The van der Waals surface area contributed by atoms with Gasteiger partial charge >= 0.3 is 6.09 Å². The van der Waals surface area contributed by atoms with E-state index in [1.165, 1.54) is 7.11 Å². The van der Waals surface area contributed by atoms with Gasteiger partial charge in [-0.1, -0.05) is 12.1 Å². The van der Waals surface area contributed by atoms with Gasteiger partial charge in [0, 0.05) is 47.8 Å². The van der Waals surface area contributed by atoms with Crippen LogP contribution >= 0.6 is 0 Å². The number of hydrogen-bond acceptors (Lipinski definition) is 8. The van der Waals surface area contributed by atoms with Gasteiger partial charge < -0.3 is 15.4 Å². The maximum Gasteiger partial charge on any atom is 0.407 e. The second kappa shape index (κ2) is 10.5. The normalized spacial score (nSPS) is 12.3. The first-order valence-electron chi connectivity index (χ1n) is 10.6. The van der Waals surface area contributed by atoms with Crippen LogP contribution in [0.4, 0.5) is 16.4 Å². The van der Waals surface area contributed by atoms with Crippen molar-refractivity contribution < 1.29 is 17.9 Å². The molecule has 0 fully saturated rings. The molecular formula is C22H29N7O4S. The number of anilines is 2. The van der Waals surface area contributed by atoms with Crippen molar-refractivity contribution >= 4 is 27.8 Å². The van der Waals surface area contributed by atoms with E-state index in [4.69, 9.17) is 5.10 Å². The lowest BCUT2D eigenvalue weighted by atomic mass is 10.1. The lowest BCUT2D eigenvalue weighted by molar-refractivity contribution is 0.168. The predicted octanol–water partition coefficient (Wildman–Crippen LogP) is 3.12. The Hall–Kier alpha value is -3.67. The van der Waals surface area contributed by atoms with Crippen LogP contribution in [0.25, 0.3) is 22.5 Å². The molecule has 1 unspecified atom stereocenters. The van der Waals surface area contributed by atoms with E-state index in [0.29, 0.717) is 29.6 Å². The van der Waals surface area contributed by atoms with Gasteiger partial charge in [0.2, 0.25) is 16.0 Å². The van der Waals surface area contributed by atoms with Crippen LogP contribution in [-0.2, 0) is 14.8 Å². The number of amides is 1. The molecule has 0 aliphatic rings. The first kappa shape index (κ1) is 25.0. The number of sulfonamides is 1. The highest BCUT2D eigenvalue weighted by Crippen LogP contribution is 2.32. The molecule has 2 heterocycles. The molecule has 182 valence electrons. The number of carbonyl (C=O) groups excluding carboxylic acids is 1. The summed E-state index contributed by atoms with van der Waals surface area (Å²) < 4.78 is 32.3. The minimum absolute atomic E-state index is 0.106. The fraction of sp³-hybridized carbons (Fsp3) is 0.364. The van der Waals surface area contributed by atoms with Crippen molar-refractivity contribution in [3.63, 3.8) is 0 Å². The molecule has 11 nitrogen and oxygen atoms in total. The summed E-state index contributed by atoms with van der Waals surface area (Å²) in [6, 6.07) is 8.73. The van der Waals surface area contributed by atoms with E-state index in [0.717, 1.165) is 17.4 Å². The van der Waals surface area contributed by atoms with Crippen LogP contribution in [0, 0.1) is 0 Å². The monoisotopic (exact) mass is 487 g/mol. The summed E-state index contributed by atoms with van der Waals surface area (Å²) in [6.07, 6.45) is 4.14. The first-order chi connectivity index (χ1) is 16.1. The lowest BCUT2D eigenvalue weighted by Crippen LogP contribution is -2.37. The SMILES string of the molecule is COC(=O)NC(C)CNc1nccc(-c2cn(C(C)C)nc2-c2cccc(NS(C)(=O)=O)c2)n1. The summed E-state index contributed by atoms with van der Waals surface area (Å²) in [6.45, 7) is 6.27. The molecule has 2 aromatic heterocycles. The van der Waals surface area contributed by atoms with Gasteiger partial charge in [0.25, 0.3) is 0 Å². The Bertz CT molecular complexity index is 1260. The topological polar surface area (TPSA) is 140 Å². The van der Waals surface area contributed by atoms with Crippen LogP contribution in [0.2, 0.25) is 0 Å². The van der Waals surface area contributed by atoms with Gasteiger partial charge in [-0.25, -0.2) is 23.2 Å². The van der Waals surface area contributed by atoms with Crippen molar-refractivity contribution in [1.82, 2.24) is 25.1 Å². The Morgan fingerprint density at radius 2 is 1.97 bits per heavy atom. The van der Waals surface area contributed by atoms with Gasteiger partial charge in [-0.15, -0.1) is 0 Å². The Balaban J connectivity index is 1.93. The molecule has 0 radical (unpaired) electrons. The lowest BCUT2D eigenvalue weighted by Gasteiger charge is -2.14. The maximum absolute atomic E-state index is 11.7. The first-order valence-corrected chi connectivity index (χ1v) is 12.5. The van der Waals surface area contributed by atoms with Crippen LogP contribution in [-0.4, -0.2) is 60.2 Å². The highest BCUT2D eigenvalue weighted by atomic mass is 32.2. The van der Waals surface area contributed by atoms with Crippen molar-refractivity contribution in [2.75, 3.05) is 29.9 Å². The largest absolute Gasteiger partial charge is 0.453 e.